The number of carbonyl (C=O) groups excluding carboxylic acids is 1. The molecule has 0 radical (unpaired) electrons. The smallest absolute Gasteiger partial charge is 0.238 e. The third-order valence-corrected chi connectivity index (χ3v) is 2.87. The van der Waals surface area contributed by atoms with Crippen molar-refractivity contribution >= 4 is 23.2 Å². The summed E-state index contributed by atoms with van der Waals surface area (Å²) in [5.41, 5.74) is 0.628. The molecule has 1 amide bonds. The summed E-state index contributed by atoms with van der Waals surface area (Å²) in [4.78, 5) is 13.7. The largest absolute Gasteiger partial charge is 0.379 e. The van der Waals surface area contributed by atoms with E-state index in [1.165, 1.54) is 0 Å². The number of benzene rings is 1. The van der Waals surface area contributed by atoms with Gasteiger partial charge in [-0.2, -0.15) is 0 Å². The molecule has 0 aliphatic rings. The number of para-hydroxylation sites is 1. The van der Waals surface area contributed by atoms with E-state index in [1.807, 2.05) is 26.2 Å². The number of hydrogen-bond acceptors (Lipinski definition) is 4. The minimum Gasteiger partial charge on any atom is -0.379 e. The maximum absolute atomic E-state index is 11.7. The van der Waals surface area contributed by atoms with Gasteiger partial charge in [0.25, 0.3) is 0 Å². The summed E-state index contributed by atoms with van der Waals surface area (Å²) in [6.45, 7) is 3.06. The molecule has 0 spiro atoms. The molecule has 0 unspecified atom stereocenters. The summed E-state index contributed by atoms with van der Waals surface area (Å²) in [5, 5.41) is 6.30. The lowest BCUT2D eigenvalue weighted by Crippen LogP contribution is -2.31. The number of likely N-dealkylation sites (N-methyl/N-ethyl adjacent to an activating group) is 1. The fourth-order valence-corrected chi connectivity index (χ4v) is 1.64. The summed E-state index contributed by atoms with van der Waals surface area (Å²) in [7, 11) is 4.00. The van der Waals surface area contributed by atoms with Gasteiger partial charge >= 0.3 is 0 Å². The monoisotopic (exact) mass is 299 g/mol. The summed E-state index contributed by atoms with van der Waals surface area (Å²) in [5.74, 6) is -0.119. The third kappa shape index (κ3) is 7.45. The number of nitrogens with one attached hydrogen (secondary N) is 2. The molecular formula is C14H22ClN3O2. The lowest BCUT2D eigenvalue weighted by atomic mass is 10.3. The van der Waals surface area contributed by atoms with Gasteiger partial charge in [-0.25, -0.2) is 0 Å². The molecule has 0 saturated carbocycles. The van der Waals surface area contributed by atoms with Gasteiger partial charge < -0.3 is 20.3 Å². The van der Waals surface area contributed by atoms with Gasteiger partial charge in [0.05, 0.1) is 30.5 Å². The van der Waals surface area contributed by atoms with E-state index in [-0.39, 0.29) is 12.5 Å². The van der Waals surface area contributed by atoms with Crippen LogP contribution < -0.4 is 10.6 Å². The van der Waals surface area contributed by atoms with Crippen LogP contribution >= 0.6 is 11.6 Å². The Morgan fingerprint density at radius 2 is 2.05 bits per heavy atom. The molecule has 2 N–H and O–H groups in total. The van der Waals surface area contributed by atoms with Crippen LogP contribution in [0.25, 0.3) is 0 Å². The second-order valence-electron chi connectivity index (χ2n) is 4.62. The zero-order valence-corrected chi connectivity index (χ0v) is 12.7. The minimum absolute atomic E-state index is 0.119. The molecule has 0 aliphatic heterocycles. The highest BCUT2D eigenvalue weighted by Gasteiger charge is 2.04. The van der Waals surface area contributed by atoms with Crippen LogP contribution in [-0.2, 0) is 9.53 Å². The number of rotatable bonds is 9. The number of hydrogen-bond donors (Lipinski definition) is 2. The predicted molar refractivity (Wildman–Crippen MR) is 82.3 cm³/mol. The van der Waals surface area contributed by atoms with Crippen molar-refractivity contribution in [2.45, 2.75) is 0 Å². The molecule has 20 heavy (non-hydrogen) atoms. The van der Waals surface area contributed by atoms with E-state index >= 15 is 0 Å². The minimum atomic E-state index is -0.119. The van der Waals surface area contributed by atoms with Crippen LogP contribution in [0.3, 0.4) is 0 Å². The van der Waals surface area contributed by atoms with Crippen molar-refractivity contribution in [1.82, 2.24) is 10.2 Å². The van der Waals surface area contributed by atoms with E-state index in [2.05, 4.69) is 15.5 Å². The molecule has 1 aromatic rings. The standard InChI is InChI=1S/C14H22ClN3O2/c1-18(2)8-10-20-9-7-16-11-14(19)17-13-6-4-3-5-12(13)15/h3-6,16H,7-11H2,1-2H3,(H,17,19). The summed E-state index contributed by atoms with van der Waals surface area (Å²) >= 11 is 5.95. The van der Waals surface area contributed by atoms with Crippen molar-refractivity contribution < 1.29 is 9.53 Å². The van der Waals surface area contributed by atoms with E-state index < -0.39 is 0 Å². The van der Waals surface area contributed by atoms with E-state index in [9.17, 15) is 4.79 Å². The van der Waals surface area contributed by atoms with Crippen LogP contribution in [0.15, 0.2) is 24.3 Å². The molecule has 1 rings (SSSR count). The normalized spacial score (nSPS) is 10.8. The van der Waals surface area contributed by atoms with Crippen LogP contribution in [0.4, 0.5) is 5.69 Å². The molecule has 5 nitrogen and oxygen atoms in total. The quantitative estimate of drug-likeness (QED) is 0.678. The lowest BCUT2D eigenvalue weighted by molar-refractivity contribution is -0.115. The zero-order valence-electron chi connectivity index (χ0n) is 12.0. The first-order valence-corrected chi connectivity index (χ1v) is 6.95. The Balaban J connectivity index is 2.08. The van der Waals surface area contributed by atoms with Gasteiger partial charge in [0.2, 0.25) is 5.91 Å². The van der Waals surface area contributed by atoms with Gasteiger partial charge in [0.15, 0.2) is 0 Å². The first kappa shape index (κ1) is 16.9. The lowest BCUT2D eigenvalue weighted by Gasteiger charge is -2.10. The van der Waals surface area contributed by atoms with Gasteiger partial charge in [-0.05, 0) is 26.2 Å². The zero-order chi connectivity index (χ0) is 14.8. The van der Waals surface area contributed by atoms with Crippen LogP contribution in [0.5, 0.6) is 0 Å². The SMILES string of the molecule is CN(C)CCOCCNCC(=O)Nc1ccccc1Cl. The van der Waals surface area contributed by atoms with Crippen molar-refractivity contribution in [2.75, 3.05) is 52.3 Å². The Labute approximate surface area is 125 Å². The van der Waals surface area contributed by atoms with Gasteiger partial charge in [-0.15, -0.1) is 0 Å². The Morgan fingerprint density at radius 1 is 1.30 bits per heavy atom. The van der Waals surface area contributed by atoms with Crippen LogP contribution in [0, 0.1) is 0 Å². The van der Waals surface area contributed by atoms with Gasteiger partial charge in [0.1, 0.15) is 0 Å². The number of ether oxygens (including phenoxy) is 1. The average Bonchev–Trinajstić information content (AvgIpc) is 2.40. The van der Waals surface area contributed by atoms with Crippen molar-refractivity contribution in [1.29, 1.82) is 0 Å². The molecule has 0 saturated heterocycles. The van der Waals surface area contributed by atoms with Gasteiger partial charge in [0, 0.05) is 13.1 Å². The highest BCUT2D eigenvalue weighted by molar-refractivity contribution is 6.33. The first-order valence-electron chi connectivity index (χ1n) is 6.57. The van der Waals surface area contributed by atoms with Crippen LogP contribution in [0.1, 0.15) is 0 Å². The maximum Gasteiger partial charge on any atom is 0.238 e. The molecule has 0 aromatic heterocycles. The number of anilines is 1. The first-order chi connectivity index (χ1) is 9.59. The molecule has 6 heteroatoms. The topological polar surface area (TPSA) is 53.6 Å². The second-order valence-corrected chi connectivity index (χ2v) is 5.03. The Bertz CT molecular complexity index is 413. The van der Waals surface area contributed by atoms with Crippen molar-refractivity contribution in [3.05, 3.63) is 29.3 Å². The van der Waals surface area contributed by atoms with E-state index in [4.69, 9.17) is 16.3 Å². The fraction of sp³-hybridized carbons (Fsp3) is 0.500. The number of nitrogens with zero attached hydrogens (tertiary/aromatic N) is 1. The fourth-order valence-electron chi connectivity index (χ4n) is 1.45. The highest BCUT2D eigenvalue weighted by atomic mass is 35.5. The van der Waals surface area contributed by atoms with Gasteiger partial charge in [-0.3, -0.25) is 4.79 Å². The molecule has 0 heterocycles. The summed E-state index contributed by atoms with van der Waals surface area (Å²) in [6, 6.07) is 7.16. The summed E-state index contributed by atoms with van der Waals surface area (Å²) < 4.78 is 5.41. The van der Waals surface area contributed by atoms with Crippen molar-refractivity contribution in [3.8, 4) is 0 Å². The molecule has 0 aliphatic carbocycles. The maximum atomic E-state index is 11.7. The van der Waals surface area contributed by atoms with E-state index in [0.29, 0.717) is 30.5 Å². The van der Waals surface area contributed by atoms with Crippen LogP contribution in [0.2, 0.25) is 5.02 Å². The van der Waals surface area contributed by atoms with Crippen LogP contribution in [-0.4, -0.2) is 57.8 Å². The number of amides is 1. The Morgan fingerprint density at radius 3 is 2.75 bits per heavy atom. The molecule has 0 bridgehead atoms. The Kier molecular flexibility index (Phi) is 8.22. The molecule has 1 aromatic carbocycles. The van der Waals surface area contributed by atoms with Gasteiger partial charge in [-0.1, -0.05) is 23.7 Å². The van der Waals surface area contributed by atoms with Crippen molar-refractivity contribution in [2.24, 2.45) is 0 Å². The second kappa shape index (κ2) is 9.72. The number of carbonyl (C=O) groups is 1. The molecular weight excluding hydrogens is 278 g/mol. The highest BCUT2D eigenvalue weighted by Crippen LogP contribution is 2.19. The predicted octanol–water partition coefficient (Wildman–Crippen LogP) is 1.45. The van der Waals surface area contributed by atoms with Crippen molar-refractivity contribution in [3.63, 3.8) is 0 Å². The third-order valence-electron chi connectivity index (χ3n) is 2.54. The van der Waals surface area contributed by atoms with E-state index in [0.717, 1.165) is 6.54 Å². The number of halogens is 1. The van der Waals surface area contributed by atoms with E-state index in [1.54, 1.807) is 12.1 Å². The Hall–Kier alpha value is -1.14. The molecule has 0 atom stereocenters. The molecule has 112 valence electrons. The average molecular weight is 300 g/mol. The molecule has 0 fully saturated rings. The summed E-state index contributed by atoms with van der Waals surface area (Å²) in [6.07, 6.45) is 0.